The summed E-state index contributed by atoms with van der Waals surface area (Å²) in [4.78, 5) is 26.9. The molecule has 0 unspecified atom stereocenters. The minimum atomic E-state index is -0.649. The molecule has 162 valence electrons. The third-order valence-corrected chi connectivity index (χ3v) is 6.51. The van der Waals surface area contributed by atoms with Crippen LogP contribution < -0.4 is 5.32 Å². The predicted molar refractivity (Wildman–Crippen MR) is 128 cm³/mol. The van der Waals surface area contributed by atoms with Crippen LogP contribution in [0.1, 0.15) is 25.0 Å². The third-order valence-electron chi connectivity index (χ3n) is 4.37. The lowest BCUT2D eigenvalue weighted by Gasteiger charge is -2.29. The monoisotopic (exact) mass is 506 g/mol. The molecule has 0 aliphatic heterocycles. The summed E-state index contributed by atoms with van der Waals surface area (Å²) in [5.41, 5.74) is 1.61. The van der Waals surface area contributed by atoms with Gasteiger partial charge in [-0.3, -0.25) is 9.59 Å². The maximum atomic E-state index is 13.0. The number of nitrogens with zero attached hydrogens (tertiary/aromatic N) is 1. The fourth-order valence-corrected chi connectivity index (χ4v) is 4.64. The quantitative estimate of drug-likeness (QED) is 0.447. The van der Waals surface area contributed by atoms with Gasteiger partial charge in [0.05, 0.1) is 5.75 Å². The molecule has 0 saturated heterocycles. The van der Waals surface area contributed by atoms with E-state index in [0.29, 0.717) is 32.4 Å². The largest absolute Gasteiger partial charge is 0.355 e. The highest BCUT2D eigenvalue weighted by molar-refractivity contribution is 7.99. The molecule has 1 atom stereocenters. The van der Waals surface area contributed by atoms with Gasteiger partial charge in [0.15, 0.2) is 0 Å². The molecular formula is C21H22Cl4N2O2S. The van der Waals surface area contributed by atoms with E-state index in [1.807, 2.05) is 13.0 Å². The molecule has 0 aliphatic rings. The van der Waals surface area contributed by atoms with E-state index in [1.165, 1.54) is 16.7 Å². The molecule has 0 spiro atoms. The fraction of sp³-hybridized carbons (Fsp3) is 0.333. The summed E-state index contributed by atoms with van der Waals surface area (Å²) in [6.07, 6.45) is 0. The third kappa shape index (κ3) is 7.24. The zero-order chi connectivity index (χ0) is 22.3. The summed E-state index contributed by atoms with van der Waals surface area (Å²) in [5, 5.41) is 4.84. The van der Waals surface area contributed by atoms with Gasteiger partial charge in [-0.2, -0.15) is 0 Å². The minimum Gasteiger partial charge on any atom is -0.355 e. The maximum absolute atomic E-state index is 13.0. The van der Waals surface area contributed by atoms with E-state index in [2.05, 4.69) is 5.32 Å². The Balaban J connectivity index is 2.11. The van der Waals surface area contributed by atoms with Crippen molar-refractivity contribution in [3.8, 4) is 0 Å². The van der Waals surface area contributed by atoms with Gasteiger partial charge >= 0.3 is 0 Å². The summed E-state index contributed by atoms with van der Waals surface area (Å²) in [5.74, 6) is 0.345. The van der Waals surface area contributed by atoms with Crippen molar-refractivity contribution < 1.29 is 9.59 Å². The summed E-state index contributed by atoms with van der Waals surface area (Å²) in [7, 11) is 0. The second kappa shape index (κ2) is 12.1. The van der Waals surface area contributed by atoms with Crippen LogP contribution >= 0.6 is 58.2 Å². The average molecular weight is 508 g/mol. The normalized spacial score (nSPS) is 11.8. The van der Waals surface area contributed by atoms with Gasteiger partial charge < -0.3 is 10.2 Å². The number of halogens is 4. The molecule has 0 radical (unpaired) electrons. The van der Waals surface area contributed by atoms with E-state index < -0.39 is 6.04 Å². The number of benzene rings is 2. The van der Waals surface area contributed by atoms with Crippen LogP contribution in [0.4, 0.5) is 0 Å². The zero-order valence-electron chi connectivity index (χ0n) is 16.6. The number of hydrogen-bond donors (Lipinski definition) is 1. The van der Waals surface area contributed by atoms with Crippen LogP contribution in [0, 0.1) is 0 Å². The second-order valence-electron chi connectivity index (χ2n) is 6.56. The Hall–Kier alpha value is -1.11. The van der Waals surface area contributed by atoms with Gasteiger partial charge in [0.1, 0.15) is 6.04 Å². The van der Waals surface area contributed by atoms with E-state index in [4.69, 9.17) is 46.4 Å². The molecule has 1 N–H and O–H groups in total. The van der Waals surface area contributed by atoms with Crippen molar-refractivity contribution in [1.29, 1.82) is 0 Å². The molecule has 0 bridgehead atoms. The topological polar surface area (TPSA) is 49.4 Å². The van der Waals surface area contributed by atoms with Crippen LogP contribution in [0.15, 0.2) is 36.4 Å². The summed E-state index contributed by atoms with van der Waals surface area (Å²) in [6, 6.07) is 9.71. The molecule has 0 fully saturated rings. The van der Waals surface area contributed by atoms with Crippen LogP contribution in [-0.4, -0.2) is 35.1 Å². The van der Waals surface area contributed by atoms with Crippen molar-refractivity contribution in [3.63, 3.8) is 0 Å². The molecule has 4 nitrogen and oxygen atoms in total. The zero-order valence-corrected chi connectivity index (χ0v) is 20.4. The number of hydrogen-bond acceptors (Lipinski definition) is 3. The summed E-state index contributed by atoms with van der Waals surface area (Å²) < 4.78 is 0. The van der Waals surface area contributed by atoms with Gasteiger partial charge in [0, 0.05) is 38.9 Å². The van der Waals surface area contributed by atoms with Crippen LogP contribution in [0.3, 0.4) is 0 Å². The van der Waals surface area contributed by atoms with Gasteiger partial charge in [-0.15, -0.1) is 11.8 Å². The van der Waals surface area contributed by atoms with E-state index in [-0.39, 0.29) is 24.1 Å². The molecular weight excluding hydrogens is 486 g/mol. The van der Waals surface area contributed by atoms with Gasteiger partial charge in [0.25, 0.3) is 0 Å². The lowest BCUT2D eigenvalue weighted by atomic mass is 10.1. The fourth-order valence-electron chi connectivity index (χ4n) is 2.71. The molecule has 2 aromatic carbocycles. The number of carbonyl (C=O) groups is 2. The van der Waals surface area contributed by atoms with Gasteiger partial charge in [-0.1, -0.05) is 58.5 Å². The number of rotatable bonds is 9. The molecule has 0 saturated carbocycles. The molecule has 9 heteroatoms. The average Bonchev–Trinajstić information content (AvgIpc) is 2.68. The van der Waals surface area contributed by atoms with E-state index in [1.54, 1.807) is 37.3 Å². The van der Waals surface area contributed by atoms with Crippen molar-refractivity contribution in [3.05, 3.63) is 67.6 Å². The molecule has 2 amide bonds. The highest BCUT2D eigenvalue weighted by Gasteiger charge is 2.26. The van der Waals surface area contributed by atoms with Gasteiger partial charge in [0.2, 0.25) is 11.8 Å². The lowest BCUT2D eigenvalue weighted by molar-refractivity contribution is -0.138. The molecule has 2 rings (SSSR count). The second-order valence-corrected chi connectivity index (χ2v) is 9.23. The first-order valence-corrected chi connectivity index (χ1v) is 11.9. The first-order valence-electron chi connectivity index (χ1n) is 9.25. The van der Waals surface area contributed by atoms with Gasteiger partial charge in [-0.05, 0) is 49.2 Å². The molecule has 0 aliphatic carbocycles. The van der Waals surface area contributed by atoms with Crippen molar-refractivity contribution in [2.75, 3.05) is 12.3 Å². The Bertz CT molecular complexity index is 911. The van der Waals surface area contributed by atoms with E-state index in [0.717, 1.165) is 11.1 Å². The molecule has 2 aromatic rings. The summed E-state index contributed by atoms with van der Waals surface area (Å²) >= 11 is 25.8. The molecule has 0 aromatic heterocycles. The lowest BCUT2D eigenvalue weighted by Crippen LogP contribution is -2.48. The number of carbonyl (C=O) groups excluding carboxylic acids is 2. The standard InChI is InChI=1S/C21H22Cl4N2O2S/c1-3-26-21(29)13(2)27(10-14-4-6-16(22)8-18(14)24)20(28)12-30-11-15-5-7-17(23)9-19(15)25/h4-9,13H,3,10-12H2,1-2H3,(H,26,29)/t13-/m1/s1. The van der Waals surface area contributed by atoms with E-state index >= 15 is 0 Å². The first-order chi connectivity index (χ1) is 14.2. The minimum absolute atomic E-state index is 0.171. The number of nitrogens with one attached hydrogen (secondary N) is 1. The SMILES string of the molecule is CCNC(=O)[C@@H](C)N(Cc1ccc(Cl)cc1Cl)C(=O)CSCc1ccc(Cl)cc1Cl. The molecule has 0 heterocycles. The van der Waals surface area contributed by atoms with Crippen molar-refractivity contribution in [1.82, 2.24) is 10.2 Å². The number of amides is 2. The highest BCUT2D eigenvalue weighted by atomic mass is 35.5. The number of likely N-dealkylation sites (N-methyl/N-ethyl adjacent to an activating group) is 1. The van der Waals surface area contributed by atoms with Crippen LogP contribution in [0.25, 0.3) is 0 Å². The van der Waals surface area contributed by atoms with Crippen molar-refractivity contribution in [2.45, 2.75) is 32.2 Å². The van der Waals surface area contributed by atoms with E-state index in [9.17, 15) is 9.59 Å². The Morgan fingerprint density at radius 1 is 1.00 bits per heavy atom. The maximum Gasteiger partial charge on any atom is 0.242 e. The highest BCUT2D eigenvalue weighted by Crippen LogP contribution is 2.26. The summed E-state index contributed by atoms with van der Waals surface area (Å²) in [6.45, 7) is 4.22. The van der Waals surface area contributed by atoms with Crippen LogP contribution in [0.2, 0.25) is 20.1 Å². The Labute approximate surface area is 201 Å². The van der Waals surface area contributed by atoms with Gasteiger partial charge in [-0.25, -0.2) is 0 Å². The number of thioether (sulfide) groups is 1. The predicted octanol–water partition coefficient (Wildman–Crippen LogP) is 6.09. The Kier molecular flexibility index (Phi) is 10.1. The Morgan fingerprint density at radius 3 is 2.10 bits per heavy atom. The first kappa shape index (κ1) is 25.2. The van der Waals surface area contributed by atoms with Crippen molar-refractivity contribution >= 4 is 70.0 Å². The van der Waals surface area contributed by atoms with Crippen LogP contribution in [-0.2, 0) is 21.9 Å². The van der Waals surface area contributed by atoms with Crippen LogP contribution in [0.5, 0.6) is 0 Å². The molecule has 30 heavy (non-hydrogen) atoms. The van der Waals surface area contributed by atoms with Crippen molar-refractivity contribution in [2.24, 2.45) is 0 Å². The smallest absolute Gasteiger partial charge is 0.242 e. The Morgan fingerprint density at radius 2 is 1.57 bits per heavy atom.